The molecule has 82 valence electrons. The Balaban J connectivity index is 1.97. The fourth-order valence-corrected chi connectivity index (χ4v) is 2.61. The molecule has 0 aromatic rings. The van der Waals surface area contributed by atoms with Crippen LogP contribution in [0, 0.1) is 11.8 Å². The largest absolute Gasteiger partial charge is 0.390 e. The Bertz CT molecular complexity index is 179. The Labute approximate surface area is 85.4 Å². The van der Waals surface area contributed by atoms with Crippen molar-refractivity contribution in [2.75, 3.05) is 26.4 Å². The first kappa shape index (κ1) is 10.4. The molecule has 0 radical (unpaired) electrons. The summed E-state index contributed by atoms with van der Waals surface area (Å²) in [4.78, 5) is 0. The molecule has 14 heavy (non-hydrogen) atoms. The van der Waals surface area contributed by atoms with Crippen LogP contribution < -0.4 is 0 Å². The van der Waals surface area contributed by atoms with E-state index in [9.17, 15) is 5.11 Å². The number of ether oxygens (including phenoxy) is 2. The minimum absolute atomic E-state index is 0.325. The highest BCUT2D eigenvalue weighted by molar-refractivity contribution is 4.91. The van der Waals surface area contributed by atoms with E-state index in [4.69, 9.17) is 9.47 Å². The van der Waals surface area contributed by atoms with E-state index in [-0.39, 0.29) is 0 Å². The molecule has 0 aliphatic carbocycles. The van der Waals surface area contributed by atoms with Gasteiger partial charge >= 0.3 is 0 Å². The monoisotopic (exact) mass is 200 g/mol. The zero-order valence-corrected chi connectivity index (χ0v) is 8.87. The third-order valence-electron chi connectivity index (χ3n) is 3.80. The summed E-state index contributed by atoms with van der Waals surface area (Å²) in [6.07, 6.45) is 2.98. The predicted molar refractivity (Wildman–Crippen MR) is 53.1 cm³/mol. The second kappa shape index (κ2) is 4.17. The predicted octanol–water partition coefficient (Wildman–Crippen LogP) is 1.20. The zero-order chi connectivity index (χ0) is 10.0. The van der Waals surface area contributed by atoms with Gasteiger partial charge < -0.3 is 14.6 Å². The molecule has 3 nitrogen and oxygen atoms in total. The van der Waals surface area contributed by atoms with E-state index in [1.165, 1.54) is 0 Å². The quantitative estimate of drug-likeness (QED) is 0.728. The Kier molecular flexibility index (Phi) is 3.10. The first-order valence-corrected chi connectivity index (χ1v) is 5.59. The molecule has 1 N–H and O–H groups in total. The van der Waals surface area contributed by atoms with E-state index in [1.54, 1.807) is 0 Å². The van der Waals surface area contributed by atoms with E-state index in [2.05, 4.69) is 0 Å². The molecule has 0 aromatic carbocycles. The van der Waals surface area contributed by atoms with Gasteiger partial charge in [-0.15, -0.1) is 0 Å². The molecule has 2 unspecified atom stereocenters. The lowest BCUT2D eigenvalue weighted by atomic mass is 9.74. The number of aliphatic hydroxyl groups is 1. The highest BCUT2D eigenvalue weighted by Gasteiger charge is 2.41. The van der Waals surface area contributed by atoms with Crippen molar-refractivity contribution in [3.05, 3.63) is 0 Å². The smallest absolute Gasteiger partial charge is 0.0700 e. The standard InChI is InChI=1S/C11H20O3/c1-11(12,10-4-7-14-8-10)9-2-5-13-6-3-9/h9-10,12H,2-8H2,1H3. The number of rotatable bonds is 2. The van der Waals surface area contributed by atoms with E-state index in [0.29, 0.717) is 11.8 Å². The Hall–Kier alpha value is -0.120. The third-order valence-corrected chi connectivity index (χ3v) is 3.80. The molecule has 2 fully saturated rings. The van der Waals surface area contributed by atoms with Gasteiger partial charge in [-0.1, -0.05) is 0 Å². The fraction of sp³-hybridized carbons (Fsp3) is 1.00. The van der Waals surface area contributed by atoms with Crippen molar-refractivity contribution in [2.45, 2.75) is 31.8 Å². The second-order valence-electron chi connectivity index (χ2n) is 4.67. The summed E-state index contributed by atoms with van der Waals surface area (Å²) in [6.45, 7) is 5.11. The van der Waals surface area contributed by atoms with Gasteiger partial charge in [0.15, 0.2) is 0 Å². The minimum atomic E-state index is -0.555. The van der Waals surface area contributed by atoms with Gasteiger partial charge in [0, 0.05) is 25.7 Å². The maximum Gasteiger partial charge on any atom is 0.0700 e. The summed E-state index contributed by atoms with van der Waals surface area (Å²) in [5.74, 6) is 0.716. The van der Waals surface area contributed by atoms with Crippen LogP contribution in [0.3, 0.4) is 0 Å². The maximum atomic E-state index is 10.5. The molecule has 2 atom stereocenters. The second-order valence-corrected chi connectivity index (χ2v) is 4.67. The lowest BCUT2D eigenvalue weighted by Crippen LogP contribution is -2.45. The first-order chi connectivity index (χ1) is 6.71. The molecule has 0 spiro atoms. The van der Waals surface area contributed by atoms with Crippen molar-refractivity contribution < 1.29 is 14.6 Å². The van der Waals surface area contributed by atoms with Crippen molar-refractivity contribution in [1.29, 1.82) is 0 Å². The summed E-state index contributed by atoms with van der Waals surface area (Å²) < 4.78 is 10.7. The van der Waals surface area contributed by atoms with Crippen molar-refractivity contribution in [2.24, 2.45) is 11.8 Å². The van der Waals surface area contributed by atoms with Crippen LogP contribution in [0.1, 0.15) is 26.2 Å². The molecule has 0 bridgehead atoms. The average molecular weight is 200 g/mol. The molecule has 2 aliphatic rings. The number of hydrogen-bond acceptors (Lipinski definition) is 3. The molecule has 2 aliphatic heterocycles. The van der Waals surface area contributed by atoms with Crippen LogP contribution in [-0.4, -0.2) is 37.1 Å². The van der Waals surface area contributed by atoms with Crippen molar-refractivity contribution in [3.8, 4) is 0 Å². The molecule has 3 heteroatoms. The Morgan fingerprint density at radius 1 is 1.00 bits per heavy atom. The van der Waals surface area contributed by atoms with Gasteiger partial charge in [0.2, 0.25) is 0 Å². The molecule has 0 saturated carbocycles. The van der Waals surface area contributed by atoms with Crippen LogP contribution in [0.2, 0.25) is 0 Å². The van der Waals surface area contributed by atoms with Crippen molar-refractivity contribution >= 4 is 0 Å². The van der Waals surface area contributed by atoms with Crippen LogP contribution in [-0.2, 0) is 9.47 Å². The van der Waals surface area contributed by atoms with E-state index < -0.39 is 5.60 Å². The average Bonchev–Trinajstić information content (AvgIpc) is 2.72. The Morgan fingerprint density at radius 3 is 2.14 bits per heavy atom. The summed E-state index contributed by atoms with van der Waals surface area (Å²) in [5, 5.41) is 10.5. The van der Waals surface area contributed by atoms with Crippen LogP contribution >= 0.6 is 0 Å². The zero-order valence-electron chi connectivity index (χ0n) is 8.87. The molecule has 2 heterocycles. The summed E-state index contributed by atoms with van der Waals surface area (Å²) >= 11 is 0. The van der Waals surface area contributed by atoms with Gasteiger partial charge in [-0.05, 0) is 32.1 Å². The maximum absolute atomic E-state index is 10.5. The number of hydrogen-bond donors (Lipinski definition) is 1. The van der Waals surface area contributed by atoms with Crippen LogP contribution in [0.5, 0.6) is 0 Å². The summed E-state index contributed by atoms with van der Waals surface area (Å²) in [6, 6.07) is 0. The molecule has 0 amide bonds. The molecule has 0 aromatic heterocycles. The van der Waals surface area contributed by atoms with Gasteiger partial charge in [0.05, 0.1) is 12.2 Å². The highest BCUT2D eigenvalue weighted by atomic mass is 16.5. The topological polar surface area (TPSA) is 38.7 Å². The van der Waals surface area contributed by atoms with E-state index in [1.807, 2.05) is 6.92 Å². The van der Waals surface area contributed by atoms with Gasteiger partial charge in [0.25, 0.3) is 0 Å². The molecular weight excluding hydrogens is 180 g/mol. The summed E-state index contributed by atoms with van der Waals surface area (Å²) in [7, 11) is 0. The highest BCUT2D eigenvalue weighted by Crippen LogP contribution is 2.36. The molecule has 2 saturated heterocycles. The van der Waals surface area contributed by atoms with Crippen LogP contribution in [0.15, 0.2) is 0 Å². The molecular formula is C11H20O3. The first-order valence-electron chi connectivity index (χ1n) is 5.59. The Morgan fingerprint density at radius 2 is 1.57 bits per heavy atom. The summed E-state index contributed by atoms with van der Waals surface area (Å²) in [5.41, 5.74) is -0.555. The third kappa shape index (κ3) is 1.95. The minimum Gasteiger partial charge on any atom is -0.390 e. The van der Waals surface area contributed by atoms with Gasteiger partial charge in [0.1, 0.15) is 0 Å². The lowest BCUT2D eigenvalue weighted by molar-refractivity contribution is -0.0904. The SMILES string of the molecule is CC(O)(C1CCOCC1)C1CCOC1. The van der Waals surface area contributed by atoms with E-state index in [0.717, 1.165) is 45.7 Å². The lowest BCUT2D eigenvalue weighted by Gasteiger charge is -2.39. The van der Waals surface area contributed by atoms with Crippen molar-refractivity contribution in [1.82, 2.24) is 0 Å². The normalized spacial score (nSPS) is 34.3. The molecule has 2 rings (SSSR count). The van der Waals surface area contributed by atoms with Gasteiger partial charge in [-0.2, -0.15) is 0 Å². The van der Waals surface area contributed by atoms with Crippen molar-refractivity contribution in [3.63, 3.8) is 0 Å². The van der Waals surface area contributed by atoms with Gasteiger partial charge in [-0.25, -0.2) is 0 Å². The van der Waals surface area contributed by atoms with Gasteiger partial charge in [-0.3, -0.25) is 0 Å². The fourth-order valence-electron chi connectivity index (χ4n) is 2.61. The van der Waals surface area contributed by atoms with Crippen LogP contribution in [0.4, 0.5) is 0 Å². The van der Waals surface area contributed by atoms with Crippen LogP contribution in [0.25, 0.3) is 0 Å². The van der Waals surface area contributed by atoms with E-state index >= 15 is 0 Å².